The van der Waals surface area contributed by atoms with E-state index in [2.05, 4.69) is 36.8 Å². The maximum absolute atomic E-state index is 11.9. The molecule has 1 saturated heterocycles. The van der Waals surface area contributed by atoms with Gasteiger partial charge in [-0.15, -0.1) is 0 Å². The molecule has 1 aliphatic rings. The molecule has 2 heterocycles. The standard InChI is InChI=1S/C12H15Br2N3O/c1-17-10(18)4-2-3-9(15)12(17)11-8(14)5-7(13)6-16-11/h5-6,9,12H,2-4,15H2,1H3. The Morgan fingerprint density at radius 2 is 2.22 bits per heavy atom. The first-order valence-corrected chi connectivity index (χ1v) is 7.41. The van der Waals surface area contributed by atoms with Gasteiger partial charge in [0.1, 0.15) is 0 Å². The van der Waals surface area contributed by atoms with E-state index >= 15 is 0 Å². The number of hydrogen-bond donors (Lipinski definition) is 1. The fourth-order valence-electron chi connectivity index (χ4n) is 2.29. The van der Waals surface area contributed by atoms with E-state index in [0.717, 1.165) is 27.5 Å². The maximum atomic E-state index is 11.9. The van der Waals surface area contributed by atoms with E-state index in [4.69, 9.17) is 5.73 Å². The molecule has 1 fully saturated rings. The number of pyridine rings is 1. The van der Waals surface area contributed by atoms with Crippen LogP contribution in [0.4, 0.5) is 0 Å². The van der Waals surface area contributed by atoms with Crippen LogP contribution in [0.5, 0.6) is 0 Å². The van der Waals surface area contributed by atoms with E-state index in [1.165, 1.54) is 0 Å². The molecule has 98 valence electrons. The SMILES string of the molecule is CN1C(=O)CCCC(N)C1c1ncc(Br)cc1Br. The number of amides is 1. The van der Waals surface area contributed by atoms with Crippen molar-refractivity contribution in [1.82, 2.24) is 9.88 Å². The molecule has 2 unspecified atom stereocenters. The lowest BCUT2D eigenvalue weighted by Crippen LogP contribution is -2.40. The second-order valence-electron chi connectivity index (χ2n) is 4.53. The minimum absolute atomic E-state index is 0.0774. The summed E-state index contributed by atoms with van der Waals surface area (Å²) in [6.45, 7) is 0. The van der Waals surface area contributed by atoms with Crippen molar-refractivity contribution < 1.29 is 4.79 Å². The number of hydrogen-bond acceptors (Lipinski definition) is 3. The van der Waals surface area contributed by atoms with Gasteiger partial charge in [-0.1, -0.05) is 0 Å². The fraction of sp³-hybridized carbons (Fsp3) is 0.500. The topological polar surface area (TPSA) is 59.2 Å². The van der Waals surface area contributed by atoms with E-state index in [-0.39, 0.29) is 18.0 Å². The number of carbonyl (C=O) groups excluding carboxylic acids is 1. The number of halogens is 2. The maximum Gasteiger partial charge on any atom is 0.222 e. The van der Waals surface area contributed by atoms with Gasteiger partial charge < -0.3 is 10.6 Å². The van der Waals surface area contributed by atoms with Crippen LogP contribution in [0.1, 0.15) is 31.0 Å². The van der Waals surface area contributed by atoms with Crippen LogP contribution in [0.15, 0.2) is 21.2 Å². The van der Waals surface area contributed by atoms with Crippen LogP contribution in [0, 0.1) is 0 Å². The first-order chi connectivity index (χ1) is 8.50. The van der Waals surface area contributed by atoms with Gasteiger partial charge in [0.2, 0.25) is 5.91 Å². The van der Waals surface area contributed by atoms with Crippen LogP contribution in [-0.2, 0) is 4.79 Å². The Kier molecular flexibility index (Phi) is 4.40. The highest BCUT2D eigenvalue weighted by Crippen LogP contribution is 2.32. The molecule has 1 aromatic heterocycles. The molecular weight excluding hydrogens is 362 g/mol. The van der Waals surface area contributed by atoms with Gasteiger partial charge in [0, 0.05) is 34.7 Å². The van der Waals surface area contributed by atoms with Gasteiger partial charge in [-0.25, -0.2) is 0 Å². The van der Waals surface area contributed by atoms with Crippen molar-refractivity contribution >= 4 is 37.8 Å². The highest BCUT2D eigenvalue weighted by atomic mass is 79.9. The summed E-state index contributed by atoms with van der Waals surface area (Å²) in [6, 6.07) is 1.69. The second-order valence-corrected chi connectivity index (χ2v) is 6.30. The number of nitrogens with zero attached hydrogens (tertiary/aromatic N) is 2. The molecule has 1 amide bonds. The monoisotopic (exact) mass is 375 g/mol. The van der Waals surface area contributed by atoms with Gasteiger partial charge in [0.25, 0.3) is 0 Å². The average Bonchev–Trinajstić information content (AvgIpc) is 2.42. The number of likely N-dealkylation sites (N-methyl/N-ethyl adjacent to an activating group) is 1. The third-order valence-electron chi connectivity index (χ3n) is 3.26. The first-order valence-electron chi connectivity index (χ1n) is 5.83. The summed E-state index contributed by atoms with van der Waals surface area (Å²) in [5.41, 5.74) is 7.03. The molecule has 0 saturated carbocycles. The molecule has 0 aliphatic carbocycles. The molecule has 2 N–H and O–H groups in total. The number of carbonyl (C=O) groups is 1. The molecule has 18 heavy (non-hydrogen) atoms. The van der Waals surface area contributed by atoms with E-state index in [1.807, 2.05) is 6.07 Å². The molecule has 0 bridgehead atoms. The summed E-state index contributed by atoms with van der Waals surface area (Å²) in [4.78, 5) is 18.1. The summed E-state index contributed by atoms with van der Waals surface area (Å²) in [7, 11) is 1.80. The largest absolute Gasteiger partial charge is 0.336 e. The molecule has 6 heteroatoms. The van der Waals surface area contributed by atoms with E-state index in [9.17, 15) is 4.79 Å². The zero-order chi connectivity index (χ0) is 13.3. The van der Waals surface area contributed by atoms with Crippen LogP contribution >= 0.6 is 31.9 Å². The third kappa shape index (κ3) is 2.75. The number of nitrogens with two attached hydrogens (primary N) is 1. The van der Waals surface area contributed by atoms with Crippen molar-refractivity contribution in [2.24, 2.45) is 5.73 Å². The van der Waals surface area contributed by atoms with Gasteiger partial charge in [-0.2, -0.15) is 0 Å². The van der Waals surface area contributed by atoms with Crippen LogP contribution in [0.2, 0.25) is 0 Å². The van der Waals surface area contributed by atoms with Gasteiger partial charge in [0.15, 0.2) is 0 Å². The van der Waals surface area contributed by atoms with E-state index in [1.54, 1.807) is 18.1 Å². The Morgan fingerprint density at radius 3 is 2.89 bits per heavy atom. The van der Waals surface area contributed by atoms with Crippen molar-refractivity contribution in [2.75, 3.05) is 7.05 Å². The molecule has 0 spiro atoms. The summed E-state index contributed by atoms with van der Waals surface area (Å²) in [6.07, 6.45) is 3.98. The van der Waals surface area contributed by atoms with Gasteiger partial charge in [0.05, 0.1) is 11.7 Å². The summed E-state index contributed by atoms with van der Waals surface area (Å²) in [5, 5.41) is 0. The smallest absolute Gasteiger partial charge is 0.222 e. The van der Waals surface area contributed by atoms with Crippen molar-refractivity contribution in [3.8, 4) is 0 Å². The normalized spacial score (nSPS) is 25.1. The van der Waals surface area contributed by atoms with Crippen molar-refractivity contribution in [3.63, 3.8) is 0 Å². The Morgan fingerprint density at radius 1 is 1.50 bits per heavy atom. The van der Waals surface area contributed by atoms with E-state index < -0.39 is 0 Å². The number of aromatic nitrogens is 1. The Bertz CT molecular complexity index is 467. The van der Waals surface area contributed by atoms with Gasteiger partial charge in [-0.3, -0.25) is 9.78 Å². The summed E-state index contributed by atoms with van der Waals surface area (Å²) < 4.78 is 1.77. The van der Waals surface area contributed by atoms with Crippen molar-refractivity contribution in [2.45, 2.75) is 31.3 Å². The molecule has 4 nitrogen and oxygen atoms in total. The number of likely N-dealkylation sites (tertiary alicyclic amines) is 1. The lowest BCUT2D eigenvalue weighted by molar-refractivity contribution is -0.131. The predicted octanol–water partition coefficient (Wildman–Crippen LogP) is 2.62. The predicted molar refractivity (Wildman–Crippen MR) is 77.0 cm³/mol. The van der Waals surface area contributed by atoms with Crippen molar-refractivity contribution in [3.05, 3.63) is 26.9 Å². The van der Waals surface area contributed by atoms with Crippen LogP contribution in [0.3, 0.4) is 0 Å². The quantitative estimate of drug-likeness (QED) is 0.819. The minimum atomic E-state index is -0.164. The van der Waals surface area contributed by atoms with E-state index in [0.29, 0.717) is 6.42 Å². The second kappa shape index (κ2) is 5.67. The first kappa shape index (κ1) is 14.0. The summed E-state index contributed by atoms with van der Waals surface area (Å²) >= 11 is 6.87. The number of rotatable bonds is 1. The minimum Gasteiger partial charge on any atom is -0.336 e. The zero-order valence-corrected chi connectivity index (χ0v) is 13.2. The zero-order valence-electron chi connectivity index (χ0n) is 10.1. The van der Waals surface area contributed by atoms with Crippen LogP contribution in [0.25, 0.3) is 0 Å². The third-order valence-corrected chi connectivity index (χ3v) is 4.33. The fourth-order valence-corrected chi connectivity index (χ4v) is 3.52. The molecule has 2 atom stereocenters. The lowest BCUT2D eigenvalue weighted by atomic mass is 10.0. The average molecular weight is 377 g/mol. The van der Waals surface area contributed by atoms with Crippen molar-refractivity contribution in [1.29, 1.82) is 0 Å². The highest BCUT2D eigenvalue weighted by molar-refractivity contribution is 9.11. The van der Waals surface area contributed by atoms with Gasteiger partial charge in [-0.05, 0) is 50.8 Å². The Balaban J connectivity index is 2.41. The Hall–Kier alpha value is -0.460. The summed E-state index contributed by atoms with van der Waals surface area (Å²) in [5.74, 6) is 0.129. The Labute approximate surface area is 123 Å². The highest BCUT2D eigenvalue weighted by Gasteiger charge is 2.32. The lowest BCUT2D eigenvalue weighted by Gasteiger charge is -2.30. The molecule has 1 aromatic rings. The van der Waals surface area contributed by atoms with Crippen LogP contribution in [-0.4, -0.2) is 28.9 Å². The molecule has 0 radical (unpaired) electrons. The molecule has 2 rings (SSSR count). The molecular formula is C12H15Br2N3O. The molecule has 1 aliphatic heterocycles. The molecule has 0 aromatic carbocycles. The van der Waals surface area contributed by atoms with Gasteiger partial charge >= 0.3 is 0 Å². The van der Waals surface area contributed by atoms with Crippen LogP contribution < -0.4 is 5.73 Å².